The van der Waals surface area contributed by atoms with Crippen molar-refractivity contribution in [3.63, 3.8) is 0 Å². The highest BCUT2D eigenvalue weighted by molar-refractivity contribution is 6.03. The summed E-state index contributed by atoms with van der Waals surface area (Å²) in [5, 5.41) is 0. The first-order chi connectivity index (χ1) is 7.92. The van der Waals surface area contributed by atoms with Crippen LogP contribution in [-0.2, 0) is 6.42 Å². The number of allylic oxidation sites excluding steroid dienone is 2. The van der Waals surface area contributed by atoms with E-state index in [9.17, 15) is 0 Å². The summed E-state index contributed by atoms with van der Waals surface area (Å²) in [5.41, 5.74) is 8.25. The fourth-order valence-corrected chi connectivity index (χ4v) is 2.68. The second kappa shape index (κ2) is 2.76. The molecule has 16 heavy (non-hydrogen) atoms. The van der Waals surface area contributed by atoms with Crippen LogP contribution in [0.2, 0.25) is 0 Å². The Balaban J connectivity index is 1.99. The molecule has 1 N–H and O–H groups in total. The van der Waals surface area contributed by atoms with Crippen molar-refractivity contribution in [2.24, 2.45) is 0 Å². The van der Waals surface area contributed by atoms with Gasteiger partial charge in [-0.25, -0.2) is 0 Å². The van der Waals surface area contributed by atoms with Crippen molar-refractivity contribution in [3.05, 3.63) is 64.5 Å². The number of hydrogen-bond acceptors (Lipinski definition) is 0. The van der Waals surface area contributed by atoms with Gasteiger partial charge in [-0.3, -0.25) is 0 Å². The summed E-state index contributed by atoms with van der Waals surface area (Å²) >= 11 is 0. The molecule has 1 heteroatoms. The van der Waals surface area contributed by atoms with E-state index in [4.69, 9.17) is 0 Å². The highest BCUT2D eigenvalue weighted by Crippen LogP contribution is 2.41. The normalized spacial score (nSPS) is 16.0. The van der Waals surface area contributed by atoms with Crippen molar-refractivity contribution >= 4 is 17.7 Å². The van der Waals surface area contributed by atoms with Gasteiger partial charge in [-0.15, -0.1) is 0 Å². The molecule has 0 saturated heterocycles. The van der Waals surface area contributed by atoms with E-state index < -0.39 is 0 Å². The number of hydrogen-bond donors (Lipinski definition) is 1. The molecule has 0 bridgehead atoms. The highest BCUT2D eigenvalue weighted by Gasteiger charge is 2.23. The van der Waals surface area contributed by atoms with Gasteiger partial charge in [0.15, 0.2) is 0 Å². The number of benzene rings is 1. The lowest BCUT2D eigenvalue weighted by molar-refractivity contribution is 1.19. The van der Waals surface area contributed by atoms with Gasteiger partial charge in [0.2, 0.25) is 0 Å². The van der Waals surface area contributed by atoms with Crippen LogP contribution in [0.3, 0.4) is 0 Å². The van der Waals surface area contributed by atoms with Crippen molar-refractivity contribution < 1.29 is 0 Å². The predicted octanol–water partition coefficient (Wildman–Crippen LogP) is 3.51. The van der Waals surface area contributed by atoms with Gasteiger partial charge in [0.05, 0.1) is 0 Å². The van der Waals surface area contributed by atoms with Crippen LogP contribution in [0.25, 0.3) is 17.7 Å². The van der Waals surface area contributed by atoms with Crippen LogP contribution in [0.5, 0.6) is 0 Å². The molecule has 1 heterocycles. The first-order valence-corrected chi connectivity index (χ1v) is 5.60. The highest BCUT2D eigenvalue weighted by atomic mass is 14.7. The van der Waals surface area contributed by atoms with Crippen molar-refractivity contribution in [3.8, 4) is 0 Å². The number of nitrogens with one attached hydrogen (secondary N) is 1. The van der Waals surface area contributed by atoms with Crippen LogP contribution < -0.4 is 0 Å². The predicted molar refractivity (Wildman–Crippen MR) is 66.8 cm³/mol. The van der Waals surface area contributed by atoms with Gasteiger partial charge < -0.3 is 4.98 Å². The van der Waals surface area contributed by atoms with Gasteiger partial charge in [-0.05, 0) is 40.0 Å². The van der Waals surface area contributed by atoms with E-state index in [1.54, 1.807) is 0 Å². The molecule has 1 aromatic carbocycles. The summed E-state index contributed by atoms with van der Waals surface area (Å²) in [5.74, 6) is 0. The third-order valence-corrected chi connectivity index (χ3v) is 3.47. The van der Waals surface area contributed by atoms with Crippen LogP contribution in [0.1, 0.15) is 22.4 Å². The van der Waals surface area contributed by atoms with E-state index >= 15 is 0 Å². The molecule has 1 aromatic heterocycles. The Hall–Kier alpha value is -2.02. The fourth-order valence-electron chi connectivity index (χ4n) is 2.68. The molecule has 0 fully saturated rings. The third-order valence-electron chi connectivity index (χ3n) is 3.47. The molecule has 4 rings (SSSR count). The average molecular weight is 205 g/mol. The first kappa shape index (κ1) is 8.17. The van der Waals surface area contributed by atoms with E-state index in [-0.39, 0.29) is 0 Å². The standard InChI is InChI=1S/C15H11N/c1-2-4-13-10(3-1)7-12-8-11-5-6-16-15(11)9-14(12)13/h1-7,9,16H,8H2. The SMILES string of the molecule is C1=C2Cc3cc[nH]c3C=C2c2ccccc21. The van der Waals surface area contributed by atoms with E-state index in [0.29, 0.717) is 0 Å². The zero-order chi connectivity index (χ0) is 10.5. The average Bonchev–Trinajstić information content (AvgIpc) is 2.88. The van der Waals surface area contributed by atoms with Gasteiger partial charge in [0.25, 0.3) is 0 Å². The first-order valence-electron chi connectivity index (χ1n) is 5.60. The lowest BCUT2D eigenvalue weighted by Crippen LogP contribution is -1.97. The van der Waals surface area contributed by atoms with Crippen LogP contribution in [0.15, 0.2) is 42.1 Å². The van der Waals surface area contributed by atoms with Crippen LogP contribution in [0, 0.1) is 0 Å². The molecule has 0 saturated carbocycles. The second-order valence-corrected chi connectivity index (χ2v) is 4.41. The van der Waals surface area contributed by atoms with Gasteiger partial charge in [0.1, 0.15) is 0 Å². The number of fused-ring (bicyclic) bond motifs is 4. The lowest BCUT2D eigenvalue weighted by atomic mass is 9.92. The van der Waals surface area contributed by atoms with E-state index in [2.05, 4.69) is 47.5 Å². The number of aromatic nitrogens is 1. The Morgan fingerprint density at radius 2 is 1.94 bits per heavy atom. The van der Waals surface area contributed by atoms with Crippen LogP contribution in [0.4, 0.5) is 0 Å². The zero-order valence-electron chi connectivity index (χ0n) is 8.83. The van der Waals surface area contributed by atoms with E-state index in [1.807, 2.05) is 6.20 Å². The molecule has 2 aliphatic carbocycles. The molecule has 0 radical (unpaired) electrons. The fraction of sp³-hybridized carbons (Fsp3) is 0.0667. The number of rotatable bonds is 0. The molecule has 0 atom stereocenters. The molecule has 1 nitrogen and oxygen atoms in total. The quantitative estimate of drug-likeness (QED) is 0.677. The molecule has 0 unspecified atom stereocenters. The molecule has 76 valence electrons. The maximum absolute atomic E-state index is 3.30. The minimum atomic E-state index is 1.05. The van der Waals surface area contributed by atoms with Crippen LogP contribution >= 0.6 is 0 Å². The molecular formula is C15H11N. The van der Waals surface area contributed by atoms with Crippen molar-refractivity contribution in [2.45, 2.75) is 6.42 Å². The van der Waals surface area contributed by atoms with Gasteiger partial charge in [-0.2, -0.15) is 0 Å². The number of H-pyrrole nitrogens is 1. The van der Waals surface area contributed by atoms with Crippen molar-refractivity contribution in [1.29, 1.82) is 0 Å². The lowest BCUT2D eigenvalue weighted by Gasteiger charge is -2.13. The Bertz CT molecular complexity index is 641. The monoisotopic (exact) mass is 205 g/mol. The Labute approximate surface area is 94.1 Å². The minimum absolute atomic E-state index is 1.05. The minimum Gasteiger partial charge on any atom is -0.361 e. The second-order valence-electron chi connectivity index (χ2n) is 4.41. The smallest absolute Gasteiger partial charge is 0.0422 e. The molecule has 2 aromatic rings. The van der Waals surface area contributed by atoms with E-state index in [0.717, 1.165) is 6.42 Å². The molecular weight excluding hydrogens is 194 g/mol. The Kier molecular flexibility index (Phi) is 1.41. The molecule has 0 spiro atoms. The molecule has 0 amide bonds. The largest absolute Gasteiger partial charge is 0.361 e. The summed E-state index contributed by atoms with van der Waals surface area (Å²) in [7, 11) is 0. The third kappa shape index (κ3) is 0.951. The topological polar surface area (TPSA) is 15.8 Å². The van der Waals surface area contributed by atoms with Crippen LogP contribution in [-0.4, -0.2) is 4.98 Å². The van der Waals surface area contributed by atoms with E-state index in [1.165, 1.54) is 33.5 Å². The Morgan fingerprint density at radius 3 is 2.94 bits per heavy atom. The van der Waals surface area contributed by atoms with Gasteiger partial charge >= 0.3 is 0 Å². The zero-order valence-corrected chi connectivity index (χ0v) is 8.83. The van der Waals surface area contributed by atoms with Gasteiger partial charge in [0, 0.05) is 18.3 Å². The summed E-state index contributed by atoms with van der Waals surface area (Å²) in [6, 6.07) is 10.8. The summed E-state index contributed by atoms with van der Waals surface area (Å²) in [4.78, 5) is 3.30. The van der Waals surface area contributed by atoms with Crippen molar-refractivity contribution in [2.75, 3.05) is 0 Å². The number of aromatic amines is 1. The maximum atomic E-state index is 3.30. The summed E-state index contributed by atoms with van der Waals surface area (Å²) < 4.78 is 0. The maximum Gasteiger partial charge on any atom is 0.0422 e. The van der Waals surface area contributed by atoms with Crippen molar-refractivity contribution in [1.82, 2.24) is 4.98 Å². The molecule has 0 aliphatic heterocycles. The Morgan fingerprint density at radius 1 is 1.00 bits per heavy atom. The summed E-state index contributed by atoms with van der Waals surface area (Å²) in [6.07, 6.45) is 7.67. The molecule has 2 aliphatic rings. The van der Waals surface area contributed by atoms with Gasteiger partial charge in [-0.1, -0.05) is 30.3 Å². The summed E-state index contributed by atoms with van der Waals surface area (Å²) in [6.45, 7) is 0.